The maximum atomic E-state index is 12.4. The van der Waals surface area contributed by atoms with Crippen molar-refractivity contribution in [3.8, 4) is 0 Å². The van der Waals surface area contributed by atoms with Gasteiger partial charge in [-0.05, 0) is 12.0 Å². The van der Waals surface area contributed by atoms with Crippen molar-refractivity contribution >= 4 is 17.6 Å². The molecular weight excluding hydrogens is 346 g/mol. The lowest BCUT2D eigenvalue weighted by Crippen LogP contribution is -2.67. The van der Waals surface area contributed by atoms with Gasteiger partial charge in [-0.15, -0.1) is 0 Å². The topological polar surface area (TPSA) is 102 Å². The summed E-state index contributed by atoms with van der Waals surface area (Å²) in [5.74, 6) is -0.0607. The number of hydrogen-bond acceptors (Lipinski definition) is 6. The molecule has 0 bridgehead atoms. The Kier molecular flexibility index (Phi) is 4.27. The number of rotatable bonds is 3. The summed E-state index contributed by atoms with van der Waals surface area (Å²) < 4.78 is 5.98. The smallest absolute Gasteiger partial charge is 0.268 e. The third-order valence-electron chi connectivity index (χ3n) is 5.53. The van der Waals surface area contributed by atoms with E-state index in [0.717, 1.165) is 5.56 Å². The van der Waals surface area contributed by atoms with E-state index in [1.54, 1.807) is 6.20 Å². The molecule has 0 radical (unpaired) electrons. The largest absolute Gasteiger partial charge is 0.364 e. The van der Waals surface area contributed by atoms with Crippen LogP contribution in [0.5, 0.6) is 0 Å². The molecule has 2 aliphatic rings. The zero-order chi connectivity index (χ0) is 19.0. The van der Waals surface area contributed by atoms with Gasteiger partial charge in [-0.2, -0.15) is 0 Å². The van der Waals surface area contributed by atoms with Crippen LogP contribution in [0.15, 0.2) is 42.7 Å². The predicted octanol–water partition coefficient (Wildman–Crippen LogP) is 0.538. The molecule has 2 aromatic rings. The van der Waals surface area contributed by atoms with Crippen molar-refractivity contribution in [1.82, 2.24) is 14.9 Å². The van der Waals surface area contributed by atoms with E-state index in [1.807, 2.05) is 47.2 Å². The molecule has 2 N–H and O–H groups in total. The van der Waals surface area contributed by atoms with E-state index in [0.29, 0.717) is 25.3 Å². The molecule has 3 heterocycles. The Bertz CT molecular complexity index is 875. The lowest BCUT2D eigenvalue weighted by atomic mass is 9.76. The molecule has 2 saturated heterocycles. The van der Waals surface area contributed by atoms with E-state index in [4.69, 9.17) is 10.5 Å². The average molecular weight is 367 g/mol. The van der Waals surface area contributed by atoms with Gasteiger partial charge in [0.2, 0.25) is 5.91 Å². The molecule has 140 valence electrons. The van der Waals surface area contributed by atoms with Crippen molar-refractivity contribution in [2.75, 3.05) is 31.6 Å². The van der Waals surface area contributed by atoms with Gasteiger partial charge < -0.3 is 20.3 Å². The lowest BCUT2D eigenvalue weighted by molar-refractivity contribution is -0.173. The monoisotopic (exact) mass is 367 g/mol. The van der Waals surface area contributed by atoms with Crippen LogP contribution in [0, 0.1) is 0 Å². The molecule has 0 unspecified atom stereocenters. The maximum Gasteiger partial charge on any atom is 0.268 e. The second-order valence-electron chi connectivity index (χ2n) is 6.87. The molecule has 8 nitrogen and oxygen atoms in total. The van der Waals surface area contributed by atoms with E-state index >= 15 is 0 Å². The second-order valence-corrected chi connectivity index (χ2v) is 6.87. The molecule has 27 heavy (non-hydrogen) atoms. The number of carbonyl (C=O) groups excluding carboxylic acids is 2. The summed E-state index contributed by atoms with van der Waals surface area (Å²) in [6, 6.07) is 9.98. The highest BCUT2D eigenvalue weighted by Crippen LogP contribution is 2.42. The molecule has 4 rings (SSSR count). The number of morpholine rings is 1. The molecule has 2 fully saturated rings. The fraction of sp³-hybridized carbons (Fsp3) is 0.368. The van der Waals surface area contributed by atoms with Crippen molar-refractivity contribution in [3.05, 3.63) is 54.0 Å². The van der Waals surface area contributed by atoms with Crippen LogP contribution < -0.4 is 10.6 Å². The van der Waals surface area contributed by atoms with E-state index in [2.05, 4.69) is 9.97 Å². The molecule has 1 aromatic carbocycles. The number of ether oxygens (including phenoxy) is 1. The molecular formula is C19H21N5O3. The Morgan fingerprint density at radius 1 is 1.30 bits per heavy atom. The van der Waals surface area contributed by atoms with E-state index < -0.39 is 11.4 Å². The third kappa shape index (κ3) is 2.82. The number of likely N-dealkylation sites (N-methyl/N-ethyl adjacent to an activating group) is 1. The highest BCUT2D eigenvalue weighted by atomic mass is 16.5. The van der Waals surface area contributed by atoms with Gasteiger partial charge >= 0.3 is 0 Å². The number of aromatic nitrogens is 2. The number of fused-ring (bicyclic) bond motifs is 1. The fourth-order valence-corrected chi connectivity index (χ4v) is 4.06. The Morgan fingerprint density at radius 2 is 2.07 bits per heavy atom. The number of piperidine rings is 1. The Morgan fingerprint density at radius 3 is 2.81 bits per heavy atom. The van der Waals surface area contributed by atoms with Gasteiger partial charge in [-0.3, -0.25) is 14.6 Å². The van der Waals surface area contributed by atoms with Gasteiger partial charge in [-0.1, -0.05) is 30.3 Å². The number of carbonyl (C=O) groups is 2. The molecule has 0 saturated carbocycles. The van der Waals surface area contributed by atoms with Crippen molar-refractivity contribution in [2.24, 2.45) is 5.73 Å². The Hall–Kier alpha value is -3.00. The quantitative estimate of drug-likeness (QED) is 0.850. The maximum absolute atomic E-state index is 12.4. The molecule has 8 heteroatoms. The average Bonchev–Trinajstić information content (AvgIpc) is 2.71. The van der Waals surface area contributed by atoms with Gasteiger partial charge in [0, 0.05) is 20.1 Å². The summed E-state index contributed by atoms with van der Waals surface area (Å²) in [7, 11) is 1.84. The van der Waals surface area contributed by atoms with E-state index in [1.165, 1.54) is 6.20 Å². The molecule has 0 aliphatic carbocycles. The highest BCUT2D eigenvalue weighted by molar-refractivity contribution is 5.90. The van der Waals surface area contributed by atoms with Crippen LogP contribution in [0.3, 0.4) is 0 Å². The molecule has 2 amide bonds. The van der Waals surface area contributed by atoms with Gasteiger partial charge in [0.25, 0.3) is 5.91 Å². The normalized spacial score (nSPS) is 25.2. The van der Waals surface area contributed by atoms with Crippen molar-refractivity contribution in [3.63, 3.8) is 0 Å². The summed E-state index contributed by atoms with van der Waals surface area (Å²) in [5, 5.41) is 0. The number of nitrogens with two attached hydrogens (primary N) is 1. The predicted molar refractivity (Wildman–Crippen MR) is 98.0 cm³/mol. The van der Waals surface area contributed by atoms with E-state index in [9.17, 15) is 9.59 Å². The van der Waals surface area contributed by atoms with Crippen LogP contribution in [0.25, 0.3) is 0 Å². The van der Waals surface area contributed by atoms with Crippen LogP contribution >= 0.6 is 0 Å². The summed E-state index contributed by atoms with van der Waals surface area (Å²) in [6.45, 7) is 1.23. The number of anilines is 1. The first-order valence-electron chi connectivity index (χ1n) is 8.83. The first kappa shape index (κ1) is 17.4. The fourth-order valence-electron chi connectivity index (χ4n) is 4.06. The van der Waals surface area contributed by atoms with Gasteiger partial charge in [-0.25, -0.2) is 4.98 Å². The molecule has 0 spiro atoms. The van der Waals surface area contributed by atoms with Crippen LogP contribution in [0.4, 0.5) is 5.82 Å². The number of amides is 2. The van der Waals surface area contributed by atoms with Gasteiger partial charge in [0.1, 0.15) is 24.2 Å². The number of hydrogen-bond donors (Lipinski definition) is 1. The molecule has 2 atom stereocenters. The summed E-state index contributed by atoms with van der Waals surface area (Å²) >= 11 is 0. The van der Waals surface area contributed by atoms with Gasteiger partial charge in [0.05, 0.1) is 17.9 Å². The molecule has 1 aromatic heterocycles. The zero-order valence-corrected chi connectivity index (χ0v) is 15.0. The first-order valence-corrected chi connectivity index (χ1v) is 8.83. The summed E-state index contributed by atoms with van der Waals surface area (Å²) in [6.07, 6.45) is 3.41. The van der Waals surface area contributed by atoms with E-state index in [-0.39, 0.29) is 24.3 Å². The standard InChI is InChI=1S/C19H21N5O3/c1-23-17(25)12-27-15-11-24(16-10-21-9-14(22-16)18(20)26)8-7-19(15,23)13-5-3-2-4-6-13/h2-6,9-10,15H,7-8,11-12H2,1H3,(H2,20,26)/t15-,19+/m1/s1. The SMILES string of the molecule is CN1C(=O)CO[C@@H]2CN(c3cncc(C(N)=O)n3)CC[C@]21c1ccccc1. The van der Waals surface area contributed by atoms with Crippen LogP contribution in [0.2, 0.25) is 0 Å². The third-order valence-corrected chi connectivity index (χ3v) is 5.53. The van der Waals surface area contributed by atoms with Gasteiger partial charge in [0.15, 0.2) is 0 Å². The van der Waals surface area contributed by atoms with Crippen molar-refractivity contribution in [2.45, 2.75) is 18.1 Å². The minimum Gasteiger partial charge on any atom is -0.364 e. The Labute approximate surface area is 156 Å². The van der Waals surface area contributed by atoms with Crippen LogP contribution in [-0.4, -0.2) is 59.5 Å². The summed E-state index contributed by atoms with van der Waals surface area (Å²) in [5.41, 5.74) is 5.98. The van der Waals surface area contributed by atoms with Crippen LogP contribution in [0.1, 0.15) is 22.5 Å². The number of nitrogens with zero attached hydrogens (tertiary/aromatic N) is 4. The van der Waals surface area contributed by atoms with Crippen molar-refractivity contribution in [1.29, 1.82) is 0 Å². The van der Waals surface area contributed by atoms with Crippen LogP contribution in [-0.2, 0) is 15.1 Å². The second kappa shape index (κ2) is 6.62. The lowest BCUT2D eigenvalue weighted by Gasteiger charge is -2.55. The minimum absolute atomic E-state index is 0.0286. The number of primary amides is 1. The van der Waals surface area contributed by atoms with Crippen molar-refractivity contribution < 1.29 is 14.3 Å². The zero-order valence-electron chi connectivity index (χ0n) is 15.0. The first-order chi connectivity index (χ1) is 13.0. The minimum atomic E-state index is -0.612. The number of benzene rings is 1. The molecule has 2 aliphatic heterocycles. The Balaban J connectivity index is 1.68. The highest BCUT2D eigenvalue weighted by Gasteiger charge is 2.52. The summed E-state index contributed by atoms with van der Waals surface area (Å²) in [4.78, 5) is 36.1.